The number of hydrogen-bond donors (Lipinski definition) is 3. The molecule has 3 N–H and O–H groups in total. The smallest absolute Gasteiger partial charge is 0.411 e. The van der Waals surface area contributed by atoms with Gasteiger partial charge in [0.2, 0.25) is 5.91 Å². The van der Waals surface area contributed by atoms with Crippen LogP contribution >= 0.6 is 11.6 Å². The molecule has 1 aliphatic carbocycles. The van der Waals surface area contributed by atoms with E-state index in [0.29, 0.717) is 46.2 Å². The topological polar surface area (TPSA) is 186 Å². The number of nitrogens with one attached hydrogen (secondary N) is 3. The molecule has 1 aliphatic heterocycles. The van der Waals surface area contributed by atoms with Gasteiger partial charge in [0.1, 0.15) is 18.5 Å². The summed E-state index contributed by atoms with van der Waals surface area (Å²) in [7, 11) is 1.25. The van der Waals surface area contributed by atoms with Crippen LogP contribution in [0.15, 0.2) is 65.7 Å². The van der Waals surface area contributed by atoms with E-state index in [1.807, 2.05) is 0 Å². The van der Waals surface area contributed by atoms with E-state index in [2.05, 4.69) is 41.1 Å². The van der Waals surface area contributed by atoms with Crippen molar-refractivity contribution in [2.75, 3.05) is 25.6 Å². The number of tetrazole rings is 1. The number of cyclic esters (lactones) is 1. The van der Waals surface area contributed by atoms with Crippen LogP contribution in [-0.2, 0) is 19.8 Å². The van der Waals surface area contributed by atoms with Crippen molar-refractivity contribution in [2.45, 2.75) is 18.0 Å². The van der Waals surface area contributed by atoms with Gasteiger partial charge in [-0.2, -0.15) is 9.78 Å². The highest BCUT2D eigenvalue weighted by molar-refractivity contribution is 6.30. The van der Waals surface area contributed by atoms with Gasteiger partial charge in [-0.05, 0) is 58.5 Å². The minimum absolute atomic E-state index is 0.226. The molecule has 2 aromatic heterocycles. The number of anilines is 1. The molecule has 2 aliphatic rings. The van der Waals surface area contributed by atoms with E-state index in [4.69, 9.17) is 16.3 Å². The standard InChI is InChI=1S/C28H24ClN9O6/c1-43-26(41)31-19-6-2-16(3-7-19)20-13-22(33-34-25(20)40)28(14-23(28)37-10-11-44-27(37)42)32-24(39)9-4-17-12-18(29)5-8-21(17)38-15-30-35-36-38/h2-9,12-13,15,23H,10-11,14H2,1H3,(H,31,41)(H,32,39)(H,34,40)/b9-4+/t23?,28-/m0/s1. The Balaban J connectivity index is 1.30. The fraction of sp³-hybridized carbons (Fsp3) is 0.214. The van der Waals surface area contributed by atoms with Crippen LogP contribution in [0.3, 0.4) is 0 Å². The molecule has 0 spiro atoms. The second-order valence-corrected chi connectivity index (χ2v) is 10.4. The molecule has 2 atom stereocenters. The third-order valence-corrected chi connectivity index (χ3v) is 7.56. The van der Waals surface area contributed by atoms with Gasteiger partial charge >= 0.3 is 12.2 Å². The van der Waals surface area contributed by atoms with Gasteiger partial charge in [0.15, 0.2) is 0 Å². The molecule has 0 bridgehead atoms. The molecule has 3 heterocycles. The van der Waals surface area contributed by atoms with Gasteiger partial charge in [0, 0.05) is 28.8 Å². The zero-order valence-corrected chi connectivity index (χ0v) is 23.8. The molecule has 1 unspecified atom stereocenters. The molecule has 1 saturated carbocycles. The molecule has 44 heavy (non-hydrogen) atoms. The molecule has 1 saturated heterocycles. The highest BCUT2D eigenvalue weighted by atomic mass is 35.5. The lowest BCUT2D eigenvalue weighted by Gasteiger charge is -2.22. The highest BCUT2D eigenvalue weighted by Gasteiger charge is 2.63. The summed E-state index contributed by atoms with van der Waals surface area (Å²) in [6.07, 6.45) is 3.54. The van der Waals surface area contributed by atoms with E-state index < -0.39 is 35.2 Å². The molecule has 224 valence electrons. The van der Waals surface area contributed by atoms with Crippen molar-refractivity contribution in [1.29, 1.82) is 0 Å². The van der Waals surface area contributed by atoms with Crippen molar-refractivity contribution in [2.24, 2.45) is 0 Å². The van der Waals surface area contributed by atoms with E-state index in [9.17, 15) is 19.2 Å². The number of carbonyl (C=O) groups excluding carboxylic acids is 3. The van der Waals surface area contributed by atoms with Gasteiger partial charge in [0.25, 0.3) is 5.56 Å². The number of methoxy groups -OCH3 is 1. The van der Waals surface area contributed by atoms with E-state index in [1.54, 1.807) is 54.6 Å². The number of benzene rings is 2. The summed E-state index contributed by atoms with van der Waals surface area (Å²) in [5, 5.41) is 24.0. The molecular formula is C28H24ClN9O6. The quantitative estimate of drug-likeness (QED) is 0.248. The lowest BCUT2D eigenvalue weighted by Crippen LogP contribution is -2.43. The Morgan fingerprint density at radius 2 is 2.00 bits per heavy atom. The Bertz CT molecular complexity index is 1830. The number of halogens is 1. The van der Waals surface area contributed by atoms with Crippen LogP contribution in [0.1, 0.15) is 17.7 Å². The van der Waals surface area contributed by atoms with Crippen LogP contribution in [0.25, 0.3) is 22.9 Å². The number of aromatic nitrogens is 6. The number of amides is 3. The number of hydrogen-bond acceptors (Lipinski definition) is 10. The maximum Gasteiger partial charge on any atom is 0.411 e. The Morgan fingerprint density at radius 3 is 2.70 bits per heavy atom. The predicted octanol–water partition coefficient (Wildman–Crippen LogP) is 2.49. The summed E-state index contributed by atoms with van der Waals surface area (Å²) in [5.41, 5.74) is 1.26. The lowest BCUT2D eigenvalue weighted by atomic mass is 10.0. The second-order valence-electron chi connectivity index (χ2n) is 9.97. The normalized spacial score (nSPS) is 19.1. The first-order chi connectivity index (χ1) is 21.3. The number of carbonyl (C=O) groups is 3. The average molecular weight is 618 g/mol. The number of rotatable bonds is 8. The van der Waals surface area contributed by atoms with E-state index in [1.165, 1.54) is 29.1 Å². The molecule has 2 fully saturated rings. The van der Waals surface area contributed by atoms with Crippen LogP contribution in [0.5, 0.6) is 0 Å². The van der Waals surface area contributed by atoms with Gasteiger partial charge < -0.3 is 14.8 Å². The van der Waals surface area contributed by atoms with Crippen LogP contribution in [0.4, 0.5) is 15.3 Å². The van der Waals surface area contributed by atoms with E-state index >= 15 is 0 Å². The molecular weight excluding hydrogens is 594 g/mol. The van der Waals surface area contributed by atoms with Gasteiger partial charge in [-0.3, -0.25) is 19.8 Å². The Hall–Kier alpha value is -5.57. The van der Waals surface area contributed by atoms with Gasteiger partial charge in [-0.15, -0.1) is 5.10 Å². The summed E-state index contributed by atoms with van der Waals surface area (Å²) in [4.78, 5) is 51.7. The van der Waals surface area contributed by atoms with Crippen LogP contribution in [0.2, 0.25) is 5.02 Å². The third-order valence-electron chi connectivity index (χ3n) is 7.33. The van der Waals surface area contributed by atoms with Crippen LogP contribution in [0, 0.1) is 0 Å². The molecule has 2 aromatic carbocycles. The largest absolute Gasteiger partial charge is 0.453 e. The predicted molar refractivity (Wildman–Crippen MR) is 156 cm³/mol. The van der Waals surface area contributed by atoms with Crippen molar-refractivity contribution in [3.63, 3.8) is 0 Å². The van der Waals surface area contributed by atoms with Crippen molar-refractivity contribution in [3.8, 4) is 16.8 Å². The molecule has 3 amide bonds. The summed E-state index contributed by atoms with van der Waals surface area (Å²) >= 11 is 6.21. The maximum absolute atomic E-state index is 13.4. The summed E-state index contributed by atoms with van der Waals surface area (Å²) in [6, 6.07) is 12.7. The lowest BCUT2D eigenvalue weighted by molar-refractivity contribution is -0.117. The molecule has 16 heteroatoms. The Morgan fingerprint density at radius 1 is 1.18 bits per heavy atom. The summed E-state index contributed by atoms with van der Waals surface area (Å²) in [6.45, 7) is 0.573. The average Bonchev–Trinajstić information content (AvgIpc) is 3.32. The second kappa shape index (κ2) is 11.6. The Labute approximate surface area is 253 Å². The third kappa shape index (κ3) is 5.59. The first-order valence-electron chi connectivity index (χ1n) is 13.3. The summed E-state index contributed by atoms with van der Waals surface area (Å²) in [5.74, 6) is -0.476. The number of ether oxygens (including phenoxy) is 2. The van der Waals surface area contributed by atoms with Gasteiger partial charge in [0.05, 0.1) is 36.6 Å². The first-order valence-corrected chi connectivity index (χ1v) is 13.7. The van der Waals surface area contributed by atoms with E-state index in [-0.39, 0.29) is 12.2 Å². The molecule has 0 radical (unpaired) electrons. The van der Waals surface area contributed by atoms with Gasteiger partial charge in [-0.25, -0.2) is 14.7 Å². The number of H-pyrrole nitrogens is 1. The minimum Gasteiger partial charge on any atom is -0.453 e. The monoisotopic (exact) mass is 617 g/mol. The van der Waals surface area contributed by atoms with Crippen molar-refractivity contribution >= 4 is 41.5 Å². The molecule has 15 nitrogen and oxygen atoms in total. The number of aromatic amines is 1. The summed E-state index contributed by atoms with van der Waals surface area (Å²) < 4.78 is 11.2. The minimum atomic E-state index is -1.11. The van der Waals surface area contributed by atoms with E-state index in [0.717, 1.165) is 0 Å². The van der Waals surface area contributed by atoms with Crippen LogP contribution < -0.4 is 16.2 Å². The maximum atomic E-state index is 13.4. The SMILES string of the molecule is COC(=O)Nc1ccc(-c2cc([C@@]3(NC(=O)/C=C/c4cc(Cl)ccc4-n4cnnn4)CC3N3CCOC3=O)n[nH]c2=O)cc1. The Kier molecular flexibility index (Phi) is 7.53. The van der Waals surface area contributed by atoms with Gasteiger partial charge in [-0.1, -0.05) is 23.7 Å². The fourth-order valence-corrected chi connectivity index (χ4v) is 5.28. The fourth-order valence-electron chi connectivity index (χ4n) is 5.10. The molecule has 4 aromatic rings. The highest BCUT2D eigenvalue weighted by Crippen LogP contribution is 2.49. The van der Waals surface area contributed by atoms with Crippen LogP contribution in [-0.4, -0.2) is 79.7 Å². The number of nitrogens with zero attached hydrogens (tertiary/aromatic N) is 6. The van der Waals surface area contributed by atoms with Crippen molar-refractivity contribution < 1.29 is 23.9 Å². The zero-order valence-electron chi connectivity index (χ0n) is 23.1. The zero-order chi connectivity index (χ0) is 30.8. The first kappa shape index (κ1) is 28.5. The molecule has 6 rings (SSSR count). The van der Waals surface area contributed by atoms with Crippen molar-refractivity contribution in [1.82, 2.24) is 40.6 Å². The van der Waals surface area contributed by atoms with Crippen molar-refractivity contribution in [3.05, 3.63) is 87.6 Å².